The van der Waals surface area contributed by atoms with Gasteiger partial charge in [0.25, 0.3) is 5.91 Å². The Morgan fingerprint density at radius 2 is 2.10 bits per heavy atom. The molecule has 0 spiro atoms. The highest BCUT2D eigenvalue weighted by molar-refractivity contribution is 5.93. The van der Waals surface area contributed by atoms with E-state index in [4.69, 9.17) is 4.74 Å². The number of rotatable bonds is 7. The molecule has 2 rings (SSSR count). The van der Waals surface area contributed by atoms with Gasteiger partial charge in [0.2, 0.25) is 5.95 Å². The Morgan fingerprint density at radius 1 is 1.29 bits per heavy atom. The number of nitrogens with zero attached hydrogens (tertiary/aromatic N) is 3. The van der Waals surface area contributed by atoms with E-state index in [1.54, 1.807) is 19.5 Å². The van der Waals surface area contributed by atoms with Crippen LogP contribution in [0.2, 0.25) is 0 Å². The van der Waals surface area contributed by atoms with Crippen molar-refractivity contribution in [2.45, 2.75) is 6.54 Å². The number of aromatic nitrogens is 3. The van der Waals surface area contributed by atoms with E-state index in [2.05, 4.69) is 25.6 Å². The Morgan fingerprint density at radius 3 is 2.76 bits per heavy atom. The molecule has 7 nitrogen and oxygen atoms in total. The first-order valence-electron chi connectivity index (χ1n) is 6.51. The van der Waals surface area contributed by atoms with Gasteiger partial charge >= 0.3 is 0 Å². The summed E-state index contributed by atoms with van der Waals surface area (Å²) in [6, 6.07) is 3.82. The predicted molar refractivity (Wildman–Crippen MR) is 77.8 cm³/mol. The van der Waals surface area contributed by atoms with Crippen molar-refractivity contribution in [3.05, 3.63) is 48.0 Å². The molecule has 0 aliphatic carbocycles. The largest absolute Gasteiger partial charge is 0.383 e. The lowest BCUT2D eigenvalue weighted by Crippen LogP contribution is -2.27. The van der Waals surface area contributed by atoms with Crippen LogP contribution < -0.4 is 10.6 Å². The number of carbonyl (C=O) groups is 1. The Balaban J connectivity index is 1.85. The number of methoxy groups -OCH3 is 1. The maximum Gasteiger partial charge on any atom is 0.254 e. The lowest BCUT2D eigenvalue weighted by Gasteiger charge is -2.06. The highest BCUT2D eigenvalue weighted by Gasteiger charge is 2.06. The standard InChI is InChI=1S/C14H17N5O2/c1-21-6-5-16-13(20)12-9-18-14(19-10-12)17-8-11-3-2-4-15-7-11/h2-4,7,9-10H,5-6,8H2,1H3,(H,16,20)(H,17,18,19). The number of nitrogens with one attached hydrogen (secondary N) is 2. The van der Waals surface area contributed by atoms with E-state index in [9.17, 15) is 4.79 Å². The highest BCUT2D eigenvalue weighted by Crippen LogP contribution is 2.03. The minimum atomic E-state index is -0.217. The van der Waals surface area contributed by atoms with Crippen molar-refractivity contribution < 1.29 is 9.53 Å². The molecule has 0 fully saturated rings. The van der Waals surface area contributed by atoms with Crippen LogP contribution in [-0.2, 0) is 11.3 Å². The van der Waals surface area contributed by atoms with E-state index < -0.39 is 0 Å². The summed E-state index contributed by atoms with van der Waals surface area (Å²) in [5.74, 6) is 0.248. The van der Waals surface area contributed by atoms with Crippen LogP contribution in [0.1, 0.15) is 15.9 Å². The van der Waals surface area contributed by atoms with Crippen LogP contribution in [0.4, 0.5) is 5.95 Å². The molecule has 2 heterocycles. The second-order valence-electron chi connectivity index (χ2n) is 4.26. The van der Waals surface area contributed by atoms with Gasteiger partial charge in [-0.05, 0) is 11.6 Å². The molecule has 0 atom stereocenters. The quantitative estimate of drug-likeness (QED) is 0.734. The summed E-state index contributed by atoms with van der Waals surface area (Å²) in [5.41, 5.74) is 1.44. The first-order valence-corrected chi connectivity index (χ1v) is 6.51. The Hall–Kier alpha value is -2.54. The minimum absolute atomic E-state index is 0.217. The number of hydrogen-bond donors (Lipinski definition) is 2. The van der Waals surface area contributed by atoms with E-state index in [1.807, 2.05) is 12.1 Å². The molecule has 2 aromatic rings. The van der Waals surface area contributed by atoms with Crippen LogP contribution in [0.5, 0.6) is 0 Å². The molecule has 0 aliphatic heterocycles. The molecule has 0 aliphatic rings. The fourth-order valence-corrected chi connectivity index (χ4v) is 1.59. The zero-order valence-electron chi connectivity index (χ0n) is 11.7. The van der Waals surface area contributed by atoms with E-state index in [-0.39, 0.29) is 5.91 Å². The van der Waals surface area contributed by atoms with Gasteiger partial charge in [0.05, 0.1) is 12.2 Å². The van der Waals surface area contributed by atoms with Gasteiger partial charge in [-0.25, -0.2) is 9.97 Å². The monoisotopic (exact) mass is 287 g/mol. The van der Waals surface area contributed by atoms with Gasteiger partial charge in [0.15, 0.2) is 0 Å². The molecule has 21 heavy (non-hydrogen) atoms. The first-order chi connectivity index (χ1) is 10.3. The van der Waals surface area contributed by atoms with Crippen LogP contribution in [0.25, 0.3) is 0 Å². The number of carbonyl (C=O) groups excluding carboxylic acids is 1. The number of ether oxygens (including phenoxy) is 1. The SMILES string of the molecule is COCCNC(=O)c1cnc(NCc2cccnc2)nc1. The smallest absolute Gasteiger partial charge is 0.254 e. The van der Waals surface area contributed by atoms with Crippen molar-refractivity contribution in [2.24, 2.45) is 0 Å². The second kappa shape index (κ2) is 7.91. The molecule has 0 saturated heterocycles. The van der Waals surface area contributed by atoms with Gasteiger partial charge in [-0.2, -0.15) is 0 Å². The molecule has 0 saturated carbocycles. The summed E-state index contributed by atoms with van der Waals surface area (Å²) in [6.07, 6.45) is 6.46. The lowest BCUT2D eigenvalue weighted by molar-refractivity contribution is 0.0936. The van der Waals surface area contributed by atoms with Crippen molar-refractivity contribution in [1.29, 1.82) is 0 Å². The van der Waals surface area contributed by atoms with Gasteiger partial charge in [-0.3, -0.25) is 9.78 Å². The van der Waals surface area contributed by atoms with E-state index in [0.717, 1.165) is 5.56 Å². The maximum absolute atomic E-state index is 11.7. The molecule has 110 valence electrons. The maximum atomic E-state index is 11.7. The van der Waals surface area contributed by atoms with Crippen LogP contribution in [-0.4, -0.2) is 41.1 Å². The summed E-state index contributed by atoms with van der Waals surface area (Å²) in [6.45, 7) is 1.50. The Bertz CT molecular complexity index is 559. The first kappa shape index (κ1) is 14.9. The summed E-state index contributed by atoms with van der Waals surface area (Å²) in [5, 5.41) is 5.77. The Labute approximate surface area is 122 Å². The summed E-state index contributed by atoms with van der Waals surface area (Å²) >= 11 is 0. The third-order valence-electron chi connectivity index (χ3n) is 2.68. The van der Waals surface area contributed by atoms with Crippen molar-refractivity contribution in [2.75, 3.05) is 25.6 Å². The van der Waals surface area contributed by atoms with E-state index in [0.29, 0.717) is 31.2 Å². The van der Waals surface area contributed by atoms with Crippen LogP contribution in [0.3, 0.4) is 0 Å². The minimum Gasteiger partial charge on any atom is -0.383 e. The fourth-order valence-electron chi connectivity index (χ4n) is 1.59. The Kier molecular flexibility index (Phi) is 5.60. The molecule has 2 aromatic heterocycles. The fraction of sp³-hybridized carbons (Fsp3) is 0.286. The molecule has 0 bridgehead atoms. The third kappa shape index (κ3) is 4.81. The van der Waals surface area contributed by atoms with Crippen LogP contribution >= 0.6 is 0 Å². The van der Waals surface area contributed by atoms with Gasteiger partial charge in [-0.1, -0.05) is 6.07 Å². The topological polar surface area (TPSA) is 89.0 Å². The number of amides is 1. The average molecular weight is 287 g/mol. The summed E-state index contributed by atoms with van der Waals surface area (Å²) in [4.78, 5) is 24.0. The van der Waals surface area contributed by atoms with Crippen molar-refractivity contribution in [3.8, 4) is 0 Å². The van der Waals surface area contributed by atoms with Gasteiger partial charge in [0.1, 0.15) is 0 Å². The zero-order valence-corrected chi connectivity index (χ0v) is 11.7. The van der Waals surface area contributed by atoms with Crippen molar-refractivity contribution in [3.63, 3.8) is 0 Å². The number of hydrogen-bond acceptors (Lipinski definition) is 6. The van der Waals surface area contributed by atoms with Gasteiger partial charge in [0, 0.05) is 45.0 Å². The van der Waals surface area contributed by atoms with Gasteiger partial charge < -0.3 is 15.4 Å². The molecule has 0 radical (unpaired) electrons. The van der Waals surface area contributed by atoms with Gasteiger partial charge in [-0.15, -0.1) is 0 Å². The summed E-state index contributed by atoms with van der Waals surface area (Å²) < 4.78 is 4.86. The normalized spacial score (nSPS) is 10.1. The highest BCUT2D eigenvalue weighted by atomic mass is 16.5. The molecular weight excluding hydrogens is 270 g/mol. The molecule has 0 aromatic carbocycles. The molecule has 2 N–H and O–H groups in total. The lowest BCUT2D eigenvalue weighted by atomic mass is 10.3. The molecular formula is C14H17N5O2. The zero-order chi connectivity index (χ0) is 14.9. The van der Waals surface area contributed by atoms with E-state index in [1.165, 1.54) is 12.4 Å². The summed E-state index contributed by atoms with van der Waals surface area (Å²) in [7, 11) is 1.58. The number of anilines is 1. The third-order valence-corrected chi connectivity index (χ3v) is 2.68. The average Bonchev–Trinajstić information content (AvgIpc) is 2.54. The molecule has 0 unspecified atom stereocenters. The van der Waals surface area contributed by atoms with Crippen LogP contribution in [0, 0.1) is 0 Å². The van der Waals surface area contributed by atoms with Crippen LogP contribution in [0.15, 0.2) is 36.9 Å². The number of pyridine rings is 1. The van der Waals surface area contributed by atoms with Crippen molar-refractivity contribution in [1.82, 2.24) is 20.3 Å². The second-order valence-corrected chi connectivity index (χ2v) is 4.26. The van der Waals surface area contributed by atoms with Crippen molar-refractivity contribution >= 4 is 11.9 Å². The molecule has 7 heteroatoms. The molecule has 1 amide bonds. The van der Waals surface area contributed by atoms with E-state index >= 15 is 0 Å². The predicted octanol–water partition coefficient (Wildman–Crippen LogP) is 0.860.